The Hall–Kier alpha value is -1.39. The van der Waals surface area contributed by atoms with E-state index in [0.717, 1.165) is 51.9 Å². The lowest BCUT2D eigenvalue weighted by Crippen LogP contribution is -2.50. The molecule has 4 rings (SSSR count). The van der Waals surface area contributed by atoms with Crippen LogP contribution in [-0.2, 0) is 16.1 Å². The second-order valence-electron chi connectivity index (χ2n) is 7.41. The van der Waals surface area contributed by atoms with Crippen LogP contribution >= 0.6 is 0 Å². The van der Waals surface area contributed by atoms with E-state index in [2.05, 4.69) is 40.1 Å². The zero-order valence-corrected chi connectivity index (χ0v) is 14.4. The minimum atomic E-state index is -0.172. The molecule has 130 valence electrons. The molecule has 1 aromatic carbocycles. The van der Waals surface area contributed by atoms with Crippen molar-refractivity contribution in [3.8, 4) is 0 Å². The van der Waals surface area contributed by atoms with E-state index < -0.39 is 0 Å². The van der Waals surface area contributed by atoms with Crippen LogP contribution in [0.3, 0.4) is 0 Å². The molecule has 0 spiro atoms. The SMILES string of the molecule is O=C([C@@H]1CCCO1)N1CCC[C@@H]1[C@@H]1CCCN1Cc1ccccc1. The Morgan fingerprint density at radius 1 is 1.00 bits per heavy atom. The van der Waals surface area contributed by atoms with Crippen molar-refractivity contribution in [2.24, 2.45) is 0 Å². The fourth-order valence-electron chi connectivity index (χ4n) is 4.73. The summed E-state index contributed by atoms with van der Waals surface area (Å²) >= 11 is 0. The van der Waals surface area contributed by atoms with Crippen molar-refractivity contribution in [1.82, 2.24) is 9.80 Å². The third-order valence-corrected chi connectivity index (χ3v) is 5.87. The molecule has 1 aromatic rings. The first-order chi connectivity index (χ1) is 11.8. The standard InChI is InChI=1S/C20H28N2O2/c23-20(19-11-6-14-24-19)22-13-5-10-18(22)17-9-4-12-21(17)15-16-7-2-1-3-8-16/h1-3,7-8,17-19H,4-6,9-15H2/t17-,18+,19-/m0/s1. The zero-order valence-electron chi connectivity index (χ0n) is 14.4. The summed E-state index contributed by atoms with van der Waals surface area (Å²) in [6.45, 7) is 3.82. The van der Waals surface area contributed by atoms with Crippen LogP contribution in [0.2, 0.25) is 0 Å². The molecule has 4 nitrogen and oxygen atoms in total. The molecular formula is C20H28N2O2. The van der Waals surface area contributed by atoms with Crippen LogP contribution in [0, 0.1) is 0 Å². The van der Waals surface area contributed by atoms with Gasteiger partial charge in [0.05, 0.1) is 0 Å². The van der Waals surface area contributed by atoms with Gasteiger partial charge >= 0.3 is 0 Å². The van der Waals surface area contributed by atoms with Gasteiger partial charge in [0.25, 0.3) is 5.91 Å². The Kier molecular flexibility index (Phi) is 4.86. The van der Waals surface area contributed by atoms with Crippen molar-refractivity contribution in [3.63, 3.8) is 0 Å². The number of ether oxygens (including phenoxy) is 1. The Labute approximate surface area is 144 Å². The van der Waals surface area contributed by atoms with Gasteiger partial charge in [0.1, 0.15) is 6.10 Å². The van der Waals surface area contributed by atoms with Crippen LogP contribution < -0.4 is 0 Å². The molecule has 3 heterocycles. The molecule has 0 unspecified atom stereocenters. The topological polar surface area (TPSA) is 32.8 Å². The Morgan fingerprint density at radius 3 is 2.58 bits per heavy atom. The van der Waals surface area contributed by atoms with Crippen molar-refractivity contribution < 1.29 is 9.53 Å². The fraction of sp³-hybridized carbons (Fsp3) is 0.650. The van der Waals surface area contributed by atoms with Crippen LogP contribution in [0.1, 0.15) is 44.1 Å². The maximum absolute atomic E-state index is 12.9. The van der Waals surface area contributed by atoms with Gasteiger partial charge in [-0.1, -0.05) is 30.3 Å². The van der Waals surface area contributed by atoms with Crippen LogP contribution in [0.4, 0.5) is 0 Å². The fourth-order valence-corrected chi connectivity index (χ4v) is 4.73. The lowest BCUT2D eigenvalue weighted by atomic mass is 10.0. The summed E-state index contributed by atoms with van der Waals surface area (Å²) in [4.78, 5) is 17.6. The average Bonchev–Trinajstić information content (AvgIpc) is 3.36. The highest BCUT2D eigenvalue weighted by Gasteiger charge is 2.41. The van der Waals surface area contributed by atoms with E-state index in [1.807, 2.05) is 0 Å². The van der Waals surface area contributed by atoms with Gasteiger partial charge in [-0.2, -0.15) is 0 Å². The van der Waals surface area contributed by atoms with E-state index in [1.165, 1.54) is 18.4 Å². The lowest BCUT2D eigenvalue weighted by Gasteiger charge is -2.36. The molecule has 0 saturated carbocycles. The number of nitrogens with zero attached hydrogens (tertiary/aromatic N) is 2. The van der Waals surface area contributed by atoms with Gasteiger partial charge in [0.2, 0.25) is 0 Å². The molecular weight excluding hydrogens is 300 g/mol. The van der Waals surface area contributed by atoms with E-state index in [-0.39, 0.29) is 12.0 Å². The van der Waals surface area contributed by atoms with Crippen molar-refractivity contribution in [2.45, 2.75) is 63.3 Å². The van der Waals surface area contributed by atoms with Crippen molar-refractivity contribution in [1.29, 1.82) is 0 Å². The number of benzene rings is 1. The summed E-state index contributed by atoms with van der Waals surface area (Å²) in [6, 6.07) is 11.6. The summed E-state index contributed by atoms with van der Waals surface area (Å²) in [5.41, 5.74) is 1.37. The summed E-state index contributed by atoms with van der Waals surface area (Å²) in [7, 11) is 0. The maximum atomic E-state index is 12.9. The highest BCUT2D eigenvalue weighted by atomic mass is 16.5. The summed E-state index contributed by atoms with van der Waals surface area (Å²) in [5.74, 6) is 0.251. The highest BCUT2D eigenvalue weighted by molar-refractivity contribution is 5.81. The molecule has 3 atom stereocenters. The van der Waals surface area contributed by atoms with E-state index >= 15 is 0 Å². The predicted molar refractivity (Wildman–Crippen MR) is 93.6 cm³/mol. The summed E-state index contributed by atoms with van der Waals surface area (Å²) in [6.07, 6.45) is 6.50. The van der Waals surface area contributed by atoms with Gasteiger partial charge in [-0.25, -0.2) is 0 Å². The van der Waals surface area contributed by atoms with Crippen LogP contribution in [0.5, 0.6) is 0 Å². The van der Waals surface area contributed by atoms with Crippen molar-refractivity contribution >= 4 is 5.91 Å². The second kappa shape index (κ2) is 7.24. The quantitative estimate of drug-likeness (QED) is 0.852. The monoisotopic (exact) mass is 328 g/mol. The van der Waals surface area contributed by atoms with Gasteiger partial charge < -0.3 is 9.64 Å². The first-order valence-electron chi connectivity index (χ1n) is 9.53. The number of carbonyl (C=O) groups is 1. The molecule has 0 N–H and O–H groups in total. The largest absolute Gasteiger partial charge is 0.368 e. The van der Waals surface area contributed by atoms with Crippen LogP contribution in [0.25, 0.3) is 0 Å². The summed E-state index contributed by atoms with van der Waals surface area (Å²) < 4.78 is 5.66. The van der Waals surface area contributed by atoms with Gasteiger partial charge in [0.15, 0.2) is 0 Å². The number of hydrogen-bond donors (Lipinski definition) is 0. The number of rotatable bonds is 4. The molecule has 0 radical (unpaired) electrons. The van der Waals surface area contributed by atoms with E-state index in [4.69, 9.17) is 4.74 Å². The van der Waals surface area contributed by atoms with E-state index in [1.54, 1.807) is 0 Å². The third-order valence-electron chi connectivity index (χ3n) is 5.87. The molecule has 1 amide bonds. The number of amides is 1. The van der Waals surface area contributed by atoms with Gasteiger partial charge in [0, 0.05) is 31.8 Å². The molecule has 3 aliphatic heterocycles. The number of hydrogen-bond acceptors (Lipinski definition) is 3. The molecule has 3 fully saturated rings. The first-order valence-corrected chi connectivity index (χ1v) is 9.53. The number of likely N-dealkylation sites (tertiary alicyclic amines) is 2. The summed E-state index contributed by atoms with van der Waals surface area (Å²) in [5, 5.41) is 0. The molecule has 4 heteroatoms. The van der Waals surface area contributed by atoms with E-state index in [9.17, 15) is 4.79 Å². The number of carbonyl (C=O) groups excluding carboxylic acids is 1. The van der Waals surface area contributed by atoms with E-state index in [0.29, 0.717) is 12.1 Å². The second-order valence-corrected chi connectivity index (χ2v) is 7.41. The predicted octanol–water partition coefficient (Wildman–Crippen LogP) is 2.82. The highest BCUT2D eigenvalue weighted by Crippen LogP contribution is 2.32. The van der Waals surface area contributed by atoms with Crippen molar-refractivity contribution in [3.05, 3.63) is 35.9 Å². The van der Waals surface area contributed by atoms with Gasteiger partial charge in [-0.3, -0.25) is 9.69 Å². The third kappa shape index (κ3) is 3.22. The zero-order chi connectivity index (χ0) is 16.4. The Balaban J connectivity index is 1.45. The van der Waals surface area contributed by atoms with Crippen LogP contribution in [-0.4, -0.2) is 53.6 Å². The molecule has 0 bridgehead atoms. The molecule has 0 aromatic heterocycles. The van der Waals surface area contributed by atoms with Crippen LogP contribution in [0.15, 0.2) is 30.3 Å². The first kappa shape index (κ1) is 16.1. The molecule has 3 saturated heterocycles. The van der Waals surface area contributed by atoms with Gasteiger partial charge in [-0.05, 0) is 50.6 Å². The average molecular weight is 328 g/mol. The lowest BCUT2D eigenvalue weighted by molar-refractivity contribution is -0.142. The minimum Gasteiger partial charge on any atom is -0.368 e. The maximum Gasteiger partial charge on any atom is 0.252 e. The Morgan fingerprint density at radius 2 is 1.79 bits per heavy atom. The minimum absolute atomic E-state index is 0.172. The van der Waals surface area contributed by atoms with Gasteiger partial charge in [-0.15, -0.1) is 0 Å². The molecule has 24 heavy (non-hydrogen) atoms. The molecule has 3 aliphatic rings. The Bertz CT molecular complexity index is 556. The van der Waals surface area contributed by atoms with Crippen molar-refractivity contribution in [2.75, 3.05) is 19.7 Å². The normalized spacial score (nSPS) is 31.0. The molecule has 0 aliphatic carbocycles. The smallest absolute Gasteiger partial charge is 0.252 e.